The summed E-state index contributed by atoms with van der Waals surface area (Å²) in [5, 5.41) is 10.7. The van der Waals surface area contributed by atoms with Gasteiger partial charge in [0, 0.05) is 34.8 Å². The van der Waals surface area contributed by atoms with Gasteiger partial charge < -0.3 is 9.30 Å². The molecule has 3 rings (SSSR count). The van der Waals surface area contributed by atoms with E-state index in [1.54, 1.807) is 37.3 Å². The average Bonchev–Trinajstić information content (AvgIpc) is 3.00. The summed E-state index contributed by atoms with van der Waals surface area (Å²) in [5.74, 6) is 0.142. The van der Waals surface area contributed by atoms with Crippen LogP contribution in [0.15, 0.2) is 42.1 Å². The number of aromatic nitrogens is 1. The molecule has 1 saturated carbocycles. The number of halogens is 2. The lowest BCUT2D eigenvalue weighted by Gasteiger charge is -2.31. The van der Waals surface area contributed by atoms with Gasteiger partial charge >= 0.3 is 0 Å². The van der Waals surface area contributed by atoms with Gasteiger partial charge in [0.2, 0.25) is 10.0 Å². The highest BCUT2D eigenvalue weighted by Gasteiger charge is 2.29. The Morgan fingerprint density at radius 1 is 1.41 bits per heavy atom. The number of rotatable bonds is 9. The third-order valence-corrected chi connectivity index (χ3v) is 6.16. The summed E-state index contributed by atoms with van der Waals surface area (Å²) >= 11 is 0. The number of nitriles is 1. The highest BCUT2D eigenvalue weighted by Crippen LogP contribution is 2.42. The number of nitrogens with one attached hydrogen (secondary N) is 1. The first-order chi connectivity index (χ1) is 15.1. The first-order valence-electron chi connectivity index (χ1n) is 10.5. The second-order valence-electron chi connectivity index (χ2n) is 7.97. The number of sulfonamides is 1. The van der Waals surface area contributed by atoms with Crippen molar-refractivity contribution >= 4 is 20.9 Å². The second-order valence-corrected chi connectivity index (χ2v) is 9.72. The largest absolute Gasteiger partial charge is 0.488 e. The molecule has 2 aromatic rings. The van der Waals surface area contributed by atoms with Crippen LogP contribution in [-0.2, 0) is 10.0 Å². The SMILES string of the molecule is C/C=C(\C=C/C(C)c1c(C#N)c2ccc(OCC(F)F)cc2n1C1CCC1)NS(C)(=O)=O. The van der Waals surface area contributed by atoms with E-state index < -0.39 is 23.1 Å². The molecular formula is C23H27F2N3O3S. The van der Waals surface area contributed by atoms with Gasteiger partial charge in [-0.1, -0.05) is 19.1 Å². The number of allylic oxidation sites excluding steroid dienone is 3. The van der Waals surface area contributed by atoms with E-state index in [9.17, 15) is 22.5 Å². The summed E-state index contributed by atoms with van der Waals surface area (Å²) in [6.07, 6.45) is 6.73. The molecule has 1 atom stereocenters. The molecule has 0 amide bonds. The van der Waals surface area contributed by atoms with Crippen molar-refractivity contribution in [2.24, 2.45) is 0 Å². The van der Waals surface area contributed by atoms with Crippen molar-refractivity contribution < 1.29 is 21.9 Å². The third-order valence-electron chi connectivity index (χ3n) is 5.55. The number of hydrogen-bond acceptors (Lipinski definition) is 4. The van der Waals surface area contributed by atoms with Gasteiger partial charge in [-0.3, -0.25) is 4.72 Å². The molecule has 0 spiro atoms. The van der Waals surface area contributed by atoms with E-state index in [0.29, 0.717) is 17.0 Å². The Bertz CT molecular complexity index is 1190. The molecule has 1 aliphatic carbocycles. The van der Waals surface area contributed by atoms with Crippen molar-refractivity contribution in [3.8, 4) is 11.8 Å². The summed E-state index contributed by atoms with van der Waals surface area (Å²) in [4.78, 5) is 0. The van der Waals surface area contributed by atoms with Crippen LogP contribution in [0.3, 0.4) is 0 Å². The van der Waals surface area contributed by atoms with Crippen LogP contribution < -0.4 is 9.46 Å². The minimum atomic E-state index is -3.41. The number of fused-ring (bicyclic) bond motifs is 1. The normalized spacial score (nSPS) is 16.3. The van der Waals surface area contributed by atoms with E-state index in [1.807, 2.05) is 13.0 Å². The summed E-state index contributed by atoms with van der Waals surface area (Å²) in [7, 11) is -3.41. The first-order valence-corrected chi connectivity index (χ1v) is 12.3. The lowest BCUT2D eigenvalue weighted by atomic mass is 9.91. The number of hydrogen-bond donors (Lipinski definition) is 1. The standard InChI is InChI=1S/C23H27F2N3O3S/c1-4-16(27-32(3,29)30)9-8-15(2)23-20(13-26)19-11-10-18(31-14-22(24)25)12-21(19)28(23)17-6-5-7-17/h4,8-12,15,17,22,27H,5-7,14H2,1-3H3/b9-8-,16-4+. The van der Waals surface area contributed by atoms with Gasteiger partial charge in [0.05, 0.1) is 17.3 Å². The molecule has 1 unspecified atom stereocenters. The molecule has 6 nitrogen and oxygen atoms in total. The van der Waals surface area contributed by atoms with E-state index in [-0.39, 0.29) is 12.0 Å². The van der Waals surface area contributed by atoms with Gasteiger partial charge in [-0.15, -0.1) is 0 Å². The molecule has 0 radical (unpaired) electrons. The average molecular weight is 464 g/mol. The summed E-state index contributed by atoms with van der Waals surface area (Å²) in [6, 6.07) is 7.59. The third kappa shape index (κ3) is 5.30. The highest BCUT2D eigenvalue weighted by molar-refractivity contribution is 7.88. The molecule has 1 fully saturated rings. The van der Waals surface area contributed by atoms with E-state index >= 15 is 0 Å². The molecule has 172 valence electrons. The molecule has 1 aliphatic rings. The molecule has 1 N–H and O–H groups in total. The Morgan fingerprint density at radius 3 is 2.66 bits per heavy atom. The van der Waals surface area contributed by atoms with Crippen molar-refractivity contribution in [1.29, 1.82) is 5.26 Å². The first kappa shape index (κ1) is 23.8. The smallest absolute Gasteiger partial charge is 0.272 e. The molecule has 0 saturated heterocycles. The van der Waals surface area contributed by atoms with Crippen molar-refractivity contribution in [1.82, 2.24) is 9.29 Å². The summed E-state index contributed by atoms with van der Waals surface area (Å²) in [5.41, 5.74) is 2.58. The highest BCUT2D eigenvalue weighted by atomic mass is 32.2. The Kier molecular flexibility index (Phi) is 7.24. The zero-order valence-corrected chi connectivity index (χ0v) is 19.1. The topological polar surface area (TPSA) is 84.1 Å². The van der Waals surface area contributed by atoms with E-state index in [1.165, 1.54) is 0 Å². The van der Waals surface area contributed by atoms with Crippen molar-refractivity contribution in [2.75, 3.05) is 12.9 Å². The quantitative estimate of drug-likeness (QED) is 0.531. The van der Waals surface area contributed by atoms with Crippen LogP contribution in [0.25, 0.3) is 10.9 Å². The fourth-order valence-electron chi connectivity index (χ4n) is 3.90. The second kappa shape index (κ2) is 9.74. The van der Waals surface area contributed by atoms with Crippen LogP contribution in [0, 0.1) is 11.3 Å². The molecular weight excluding hydrogens is 436 g/mol. The fourth-order valence-corrected chi connectivity index (χ4v) is 4.52. The predicted octanol–water partition coefficient (Wildman–Crippen LogP) is 4.99. The zero-order valence-electron chi connectivity index (χ0n) is 18.3. The van der Waals surface area contributed by atoms with Crippen LogP contribution in [0.2, 0.25) is 0 Å². The molecule has 0 bridgehead atoms. The summed E-state index contributed by atoms with van der Waals surface area (Å²) < 4.78 is 58.1. The van der Waals surface area contributed by atoms with Crippen LogP contribution >= 0.6 is 0 Å². The van der Waals surface area contributed by atoms with Crippen LogP contribution in [0.5, 0.6) is 5.75 Å². The maximum absolute atomic E-state index is 12.6. The van der Waals surface area contributed by atoms with E-state index in [4.69, 9.17) is 4.74 Å². The van der Waals surface area contributed by atoms with Gasteiger partial charge in [-0.2, -0.15) is 5.26 Å². The van der Waals surface area contributed by atoms with Gasteiger partial charge in [-0.05, 0) is 44.4 Å². The maximum atomic E-state index is 12.6. The van der Waals surface area contributed by atoms with Gasteiger partial charge in [-0.25, -0.2) is 17.2 Å². The van der Waals surface area contributed by atoms with Crippen LogP contribution in [-0.4, -0.2) is 32.3 Å². The van der Waals surface area contributed by atoms with Crippen molar-refractivity contribution in [3.63, 3.8) is 0 Å². The maximum Gasteiger partial charge on any atom is 0.272 e. The fraction of sp³-hybridized carbons (Fsp3) is 0.435. The van der Waals surface area contributed by atoms with E-state index in [2.05, 4.69) is 15.4 Å². The van der Waals surface area contributed by atoms with Gasteiger partial charge in [0.1, 0.15) is 18.4 Å². The molecule has 1 heterocycles. The van der Waals surface area contributed by atoms with Crippen molar-refractivity contribution in [3.05, 3.63) is 53.4 Å². The lowest BCUT2D eigenvalue weighted by Crippen LogP contribution is -2.21. The van der Waals surface area contributed by atoms with Gasteiger partial charge in [0.15, 0.2) is 0 Å². The van der Waals surface area contributed by atoms with Crippen LogP contribution in [0.4, 0.5) is 8.78 Å². The van der Waals surface area contributed by atoms with Gasteiger partial charge in [0.25, 0.3) is 6.43 Å². The zero-order chi connectivity index (χ0) is 23.5. The van der Waals surface area contributed by atoms with E-state index in [0.717, 1.165) is 42.1 Å². The minimum absolute atomic E-state index is 0.195. The molecule has 9 heteroatoms. The Balaban J connectivity index is 2.06. The molecule has 1 aromatic heterocycles. The molecule has 0 aliphatic heterocycles. The number of benzene rings is 1. The van der Waals surface area contributed by atoms with Crippen LogP contribution in [0.1, 0.15) is 56.3 Å². The summed E-state index contributed by atoms with van der Waals surface area (Å²) in [6.45, 7) is 2.99. The lowest BCUT2D eigenvalue weighted by molar-refractivity contribution is 0.0819. The monoisotopic (exact) mass is 463 g/mol. The molecule has 32 heavy (non-hydrogen) atoms. The van der Waals surface area contributed by atoms with Crippen molar-refractivity contribution in [2.45, 2.75) is 51.5 Å². The number of nitrogens with zero attached hydrogens (tertiary/aromatic N) is 2. The molecule has 1 aromatic carbocycles. The minimum Gasteiger partial charge on any atom is -0.488 e. The Labute approximate surface area is 187 Å². The Morgan fingerprint density at radius 2 is 2.12 bits per heavy atom. The number of ether oxygens (including phenoxy) is 1. The number of alkyl halides is 2. The predicted molar refractivity (Wildman–Crippen MR) is 120 cm³/mol. The Hall–Kier alpha value is -2.86.